The van der Waals surface area contributed by atoms with Crippen molar-refractivity contribution in [3.8, 4) is 0 Å². The first-order valence-corrected chi connectivity index (χ1v) is 6.42. The Labute approximate surface area is 114 Å². The smallest absolute Gasteiger partial charge is 0.171 e. The minimum Gasteiger partial charge on any atom is -0.409 e. The first-order chi connectivity index (χ1) is 9.08. The highest BCUT2D eigenvalue weighted by Gasteiger charge is 2.08. The van der Waals surface area contributed by atoms with Crippen molar-refractivity contribution in [2.24, 2.45) is 10.9 Å². The number of likely N-dealkylation sites (N-methyl/N-ethyl adjacent to an activating group) is 1. The van der Waals surface area contributed by atoms with Crippen LogP contribution in [0.15, 0.2) is 23.5 Å². The predicted molar refractivity (Wildman–Crippen MR) is 77.8 cm³/mol. The molecule has 0 aliphatic rings. The Balaban J connectivity index is 2.79. The van der Waals surface area contributed by atoms with Crippen LogP contribution in [0.3, 0.4) is 0 Å². The second-order valence-electron chi connectivity index (χ2n) is 4.68. The fourth-order valence-corrected chi connectivity index (χ4v) is 1.71. The number of aromatic nitrogens is 1. The molecule has 1 rings (SSSR count). The summed E-state index contributed by atoms with van der Waals surface area (Å²) in [7, 11) is 4.11. The molecule has 0 unspecified atom stereocenters. The third-order valence-corrected chi connectivity index (χ3v) is 2.79. The number of nitrogens with two attached hydrogens (primary N) is 1. The number of nitrogens with zero attached hydrogens (tertiary/aromatic N) is 4. The van der Waals surface area contributed by atoms with E-state index in [9.17, 15) is 0 Å². The minimum absolute atomic E-state index is 0.0781. The number of amidine groups is 1. The Morgan fingerprint density at radius 1 is 1.32 bits per heavy atom. The fraction of sp³-hybridized carbons (Fsp3) is 0.538. The third-order valence-electron chi connectivity index (χ3n) is 2.79. The maximum absolute atomic E-state index is 8.62. The van der Waals surface area contributed by atoms with E-state index in [1.807, 2.05) is 12.1 Å². The lowest BCUT2D eigenvalue weighted by atomic mass is 10.2. The monoisotopic (exact) mass is 265 g/mol. The molecule has 0 fully saturated rings. The molecule has 1 aromatic rings. The van der Waals surface area contributed by atoms with Gasteiger partial charge in [-0.05, 0) is 32.6 Å². The molecule has 0 spiro atoms. The van der Waals surface area contributed by atoms with E-state index < -0.39 is 0 Å². The molecular formula is C13H23N5O. The van der Waals surface area contributed by atoms with Gasteiger partial charge >= 0.3 is 0 Å². The van der Waals surface area contributed by atoms with Crippen molar-refractivity contribution in [2.45, 2.75) is 13.3 Å². The molecular weight excluding hydrogens is 242 g/mol. The molecule has 0 saturated heterocycles. The topological polar surface area (TPSA) is 78.0 Å². The number of pyridine rings is 1. The molecule has 0 aromatic carbocycles. The maximum atomic E-state index is 8.62. The summed E-state index contributed by atoms with van der Waals surface area (Å²) in [4.78, 5) is 8.76. The van der Waals surface area contributed by atoms with Gasteiger partial charge in [0.2, 0.25) is 0 Å². The fourth-order valence-electron chi connectivity index (χ4n) is 1.71. The van der Waals surface area contributed by atoms with Crippen LogP contribution < -0.4 is 10.6 Å². The number of oxime groups is 1. The molecule has 0 aliphatic carbocycles. The summed E-state index contributed by atoms with van der Waals surface area (Å²) in [6.07, 6.45) is 2.69. The number of hydrogen-bond acceptors (Lipinski definition) is 5. The summed E-state index contributed by atoms with van der Waals surface area (Å²) in [6.45, 7) is 5.01. The van der Waals surface area contributed by atoms with Crippen LogP contribution in [0.25, 0.3) is 0 Å². The standard InChI is InChI=1S/C13H23N5O/c1-4-7-18(9-8-17(2)3)12-6-5-11(10-15-12)13(14)16-19/h5-6,10,19H,4,7-9H2,1-3H3,(H2,14,16). The zero-order valence-electron chi connectivity index (χ0n) is 11.9. The van der Waals surface area contributed by atoms with Gasteiger partial charge in [0.25, 0.3) is 0 Å². The number of rotatable bonds is 7. The number of anilines is 1. The van der Waals surface area contributed by atoms with Crippen LogP contribution in [0.2, 0.25) is 0 Å². The van der Waals surface area contributed by atoms with E-state index in [1.54, 1.807) is 6.20 Å². The molecule has 19 heavy (non-hydrogen) atoms. The van der Waals surface area contributed by atoms with Crippen LogP contribution in [0.4, 0.5) is 5.82 Å². The van der Waals surface area contributed by atoms with Crippen molar-refractivity contribution in [2.75, 3.05) is 38.6 Å². The second-order valence-corrected chi connectivity index (χ2v) is 4.68. The molecule has 106 valence electrons. The van der Waals surface area contributed by atoms with E-state index >= 15 is 0 Å². The van der Waals surface area contributed by atoms with Gasteiger partial charge < -0.3 is 20.7 Å². The van der Waals surface area contributed by atoms with Crippen molar-refractivity contribution in [3.05, 3.63) is 23.9 Å². The Morgan fingerprint density at radius 3 is 2.53 bits per heavy atom. The van der Waals surface area contributed by atoms with Gasteiger partial charge in [0.15, 0.2) is 5.84 Å². The van der Waals surface area contributed by atoms with Crippen LogP contribution >= 0.6 is 0 Å². The molecule has 0 saturated carbocycles. The lowest BCUT2D eigenvalue weighted by Crippen LogP contribution is -2.33. The maximum Gasteiger partial charge on any atom is 0.171 e. The third kappa shape index (κ3) is 4.75. The molecule has 0 bridgehead atoms. The number of hydrogen-bond donors (Lipinski definition) is 2. The SMILES string of the molecule is CCCN(CCN(C)C)c1ccc(C(N)=NO)cn1. The molecule has 0 aliphatic heterocycles. The molecule has 1 aromatic heterocycles. The van der Waals surface area contributed by atoms with E-state index in [2.05, 4.69) is 41.0 Å². The summed E-state index contributed by atoms with van der Waals surface area (Å²) in [6, 6.07) is 3.72. The Bertz CT molecular complexity index is 402. The predicted octanol–water partition coefficient (Wildman–Crippen LogP) is 0.954. The summed E-state index contributed by atoms with van der Waals surface area (Å²) < 4.78 is 0. The van der Waals surface area contributed by atoms with Crippen LogP contribution in [0, 0.1) is 0 Å². The zero-order valence-corrected chi connectivity index (χ0v) is 11.9. The minimum atomic E-state index is 0.0781. The summed E-state index contributed by atoms with van der Waals surface area (Å²) >= 11 is 0. The van der Waals surface area contributed by atoms with E-state index in [0.717, 1.165) is 31.9 Å². The molecule has 6 nitrogen and oxygen atoms in total. The van der Waals surface area contributed by atoms with Gasteiger partial charge in [-0.2, -0.15) is 0 Å². The van der Waals surface area contributed by atoms with Crippen LogP contribution in [-0.2, 0) is 0 Å². The van der Waals surface area contributed by atoms with Gasteiger partial charge in [0.1, 0.15) is 5.82 Å². The molecule has 0 amide bonds. The molecule has 6 heteroatoms. The first-order valence-electron chi connectivity index (χ1n) is 6.42. The highest BCUT2D eigenvalue weighted by Crippen LogP contribution is 2.11. The quantitative estimate of drug-likeness (QED) is 0.332. The van der Waals surface area contributed by atoms with Crippen LogP contribution in [0.5, 0.6) is 0 Å². The van der Waals surface area contributed by atoms with Crippen LogP contribution in [-0.4, -0.2) is 54.7 Å². The largest absolute Gasteiger partial charge is 0.409 e. The molecule has 0 radical (unpaired) electrons. The Morgan fingerprint density at radius 2 is 2.05 bits per heavy atom. The molecule has 0 atom stereocenters. The summed E-state index contributed by atoms with van der Waals surface area (Å²) in [5.74, 6) is 0.993. The van der Waals surface area contributed by atoms with E-state index in [1.165, 1.54) is 0 Å². The van der Waals surface area contributed by atoms with Crippen molar-refractivity contribution >= 4 is 11.7 Å². The van der Waals surface area contributed by atoms with Crippen molar-refractivity contribution in [1.29, 1.82) is 0 Å². The van der Waals surface area contributed by atoms with Gasteiger partial charge in [-0.25, -0.2) is 4.98 Å². The van der Waals surface area contributed by atoms with Crippen molar-refractivity contribution in [3.63, 3.8) is 0 Å². The Hall–Kier alpha value is -1.82. The highest BCUT2D eigenvalue weighted by molar-refractivity contribution is 5.96. The highest BCUT2D eigenvalue weighted by atomic mass is 16.4. The first kappa shape index (κ1) is 15.2. The normalized spacial score (nSPS) is 11.9. The summed E-state index contributed by atoms with van der Waals surface area (Å²) in [5.41, 5.74) is 6.14. The van der Waals surface area contributed by atoms with Gasteiger partial charge in [0.05, 0.1) is 0 Å². The molecule has 3 N–H and O–H groups in total. The lowest BCUT2D eigenvalue weighted by Gasteiger charge is -2.25. The Kier molecular flexibility index (Phi) is 6.08. The molecule has 1 heterocycles. The lowest BCUT2D eigenvalue weighted by molar-refractivity contribution is 0.318. The second kappa shape index (κ2) is 7.58. The van der Waals surface area contributed by atoms with Gasteiger partial charge in [-0.1, -0.05) is 12.1 Å². The van der Waals surface area contributed by atoms with E-state index in [4.69, 9.17) is 10.9 Å². The van der Waals surface area contributed by atoms with Gasteiger partial charge in [0, 0.05) is 31.4 Å². The van der Waals surface area contributed by atoms with Gasteiger partial charge in [-0.15, -0.1) is 0 Å². The van der Waals surface area contributed by atoms with Crippen molar-refractivity contribution in [1.82, 2.24) is 9.88 Å². The van der Waals surface area contributed by atoms with E-state index in [0.29, 0.717) is 5.56 Å². The average Bonchev–Trinajstić information content (AvgIpc) is 2.42. The van der Waals surface area contributed by atoms with E-state index in [-0.39, 0.29) is 5.84 Å². The summed E-state index contributed by atoms with van der Waals surface area (Å²) in [5, 5.41) is 11.6. The van der Waals surface area contributed by atoms with Crippen molar-refractivity contribution < 1.29 is 5.21 Å². The van der Waals surface area contributed by atoms with Crippen LogP contribution in [0.1, 0.15) is 18.9 Å². The zero-order chi connectivity index (χ0) is 14.3. The van der Waals surface area contributed by atoms with Gasteiger partial charge in [-0.3, -0.25) is 0 Å². The average molecular weight is 265 g/mol.